The number of halogens is 1. The van der Waals surface area contributed by atoms with Gasteiger partial charge in [-0.25, -0.2) is 9.67 Å². The summed E-state index contributed by atoms with van der Waals surface area (Å²) in [5.74, 6) is 1.03. The molecule has 0 aromatic carbocycles. The second-order valence-electron chi connectivity index (χ2n) is 3.06. The van der Waals surface area contributed by atoms with Gasteiger partial charge in [-0.15, -0.1) is 0 Å². The SMILES string of the molecule is CCn1ncnc1CNCCCCI. The van der Waals surface area contributed by atoms with Gasteiger partial charge in [0, 0.05) is 6.54 Å². The van der Waals surface area contributed by atoms with Gasteiger partial charge >= 0.3 is 0 Å². The van der Waals surface area contributed by atoms with Gasteiger partial charge in [0.2, 0.25) is 0 Å². The average Bonchev–Trinajstić information content (AvgIpc) is 2.65. The zero-order chi connectivity index (χ0) is 10.2. The second kappa shape index (κ2) is 7.17. The van der Waals surface area contributed by atoms with Crippen LogP contribution in [0, 0.1) is 0 Å². The van der Waals surface area contributed by atoms with Crippen molar-refractivity contribution in [3.63, 3.8) is 0 Å². The van der Waals surface area contributed by atoms with E-state index in [9.17, 15) is 0 Å². The Labute approximate surface area is 98.6 Å². The molecule has 1 N–H and O–H groups in total. The Morgan fingerprint density at radius 3 is 3.07 bits per heavy atom. The highest BCUT2D eigenvalue weighted by Crippen LogP contribution is 1.95. The molecule has 1 heterocycles. The van der Waals surface area contributed by atoms with Gasteiger partial charge in [0.25, 0.3) is 0 Å². The van der Waals surface area contributed by atoms with Crippen LogP contribution in [0.25, 0.3) is 0 Å². The van der Waals surface area contributed by atoms with Crippen molar-refractivity contribution in [2.45, 2.75) is 32.9 Å². The molecule has 5 heteroatoms. The first-order valence-electron chi connectivity index (χ1n) is 5.01. The van der Waals surface area contributed by atoms with Crippen LogP contribution < -0.4 is 5.32 Å². The highest BCUT2D eigenvalue weighted by molar-refractivity contribution is 14.1. The quantitative estimate of drug-likeness (QED) is 0.473. The Kier molecular flexibility index (Phi) is 6.09. The number of aryl methyl sites for hydroxylation is 1. The summed E-state index contributed by atoms with van der Waals surface area (Å²) in [6.07, 6.45) is 4.14. The van der Waals surface area contributed by atoms with Crippen molar-refractivity contribution in [3.05, 3.63) is 12.2 Å². The molecular weight excluding hydrogens is 291 g/mol. The standard InChI is InChI=1S/C9H17IN4/c1-2-14-9(12-8-13-14)7-11-6-4-3-5-10/h8,11H,2-7H2,1H3. The Hall–Kier alpha value is -0.170. The molecule has 1 rings (SSSR count). The van der Waals surface area contributed by atoms with Crippen LogP contribution >= 0.6 is 22.6 Å². The molecule has 0 amide bonds. The molecule has 14 heavy (non-hydrogen) atoms. The highest BCUT2D eigenvalue weighted by atomic mass is 127. The van der Waals surface area contributed by atoms with Crippen molar-refractivity contribution in [1.29, 1.82) is 0 Å². The van der Waals surface area contributed by atoms with Gasteiger partial charge in [-0.3, -0.25) is 0 Å². The van der Waals surface area contributed by atoms with Crippen molar-refractivity contribution in [2.75, 3.05) is 11.0 Å². The first-order valence-corrected chi connectivity index (χ1v) is 6.54. The van der Waals surface area contributed by atoms with Crippen LogP contribution in [0.2, 0.25) is 0 Å². The fourth-order valence-electron chi connectivity index (χ4n) is 1.23. The van der Waals surface area contributed by atoms with Gasteiger partial charge in [0.15, 0.2) is 0 Å². The number of aromatic nitrogens is 3. The predicted molar refractivity (Wildman–Crippen MR) is 65.5 cm³/mol. The molecule has 80 valence electrons. The summed E-state index contributed by atoms with van der Waals surface area (Å²) in [6.45, 7) is 4.87. The molecule has 0 saturated carbocycles. The van der Waals surface area contributed by atoms with Gasteiger partial charge < -0.3 is 5.32 Å². The molecule has 0 unspecified atom stereocenters. The summed E-state index contributed by atoms with van der Waals surface area (Å²) < 4.78 is 3.16. The minimum atomic E-state index is 0.828. The topological polar surface area (TPSA) is 42.7 Å². The Bertz CT molecular complexity index is 249. The molecule has 0 radical (unpaired) electrons. The van der Waals surface area contributed by atoms with Gasteiger partial charge in [-0.2, -0.15) is 5.10 Å². The number of nitrogens with zero attached hydrogens (tertiary/aromatic N) is 3. The van der Waals surface area contributed by atoms with Crippen LogP contribution in [0.1, 0.15) is 25.6 Å². The van der Waals surface area contributed by atoms with Crippen LogP contribution in [0.15, 0.2) is 6.33 Å². The van der Waals surface area contributed by atoms with Crippen molar-refractivity contribution >= 4 is 22.6 Å². The third-order valence-corrected chi connectivity index (χ3v) is 2.78. The largest absolute Gasteiger partial charge is 0.310 e. The van der Waals surface area contributed by atoms with E-state index in [2.05, 4.69) is 44.9 Å². The summed E-state index contributed by atoms with van der Waals surface area (Å²) in [6, 6.07) is 0. The first kappa shape index (κ1) is 11.9. The number of unbranched alkanes of at least 4 members (excludes halogenated alkanes) is 1. The summed E-state index contributed by atoms with van der Waals surface area (Å²) in [5, 5.41) is 7.48. The van der Waals surface area contributed by atoms with Crippen LogP contribution in [0.5, 0.6) is 0 Å². The van der Waals surface area contributed by atoms with E-state index in [0.717, 1.165) is 25.5 Å². The van der Waals surface area contributed by atoms with Crippen LogP contribution in [-0.4, -0.2) is 25.7 Å². The normalized spacial score (nSPS) is 10.7. The molecule has 1 aromatic rings. The van der Waals surface area contributed by atoms with Crippen molar-refractivity contribution in [1.82, 2.24) is 20.1 Å². The zero-order valence-electron chi connectivity index (χ0n) is 8.54. The Balaban J connectivity index is 2.17. The first-order chi connectivity index (χ1) is 6.88. The fraction of sp³-hybridized carbons (Fsp3) is 0.778. The third kappa shape index (κ3) is 3.91. The van der Waals surface area contributed by atoms with E-state index in [0.29, 0.717) is 0 Å². The van der Waals surface area contributed by atoms with Crippen LogP contribution in [0.3, 0.4) is 0 Å². The molecule has 1 aromatic heterocycles. The van der Waals surface area contributed by atoms with Crippen molar-refractivity contribution in [3.8, 4) is 0 Å². The van der Waals surface area contributed by atoms with Crippen LogP contribution in [-0.2, 0) is 13.1 Å². The Morgan fingerprint density at radius 2 is 2.36 bits per heavy atom. The van der Waals surface area contributed by atoms with E-state index in [1.165, 1.54) is 17.3 Å². The molecule has 0 aliphatic heterocycles. The van der Waals surface area contributed by atoms with Gasteiger partial charge in [-0.05, 0) is 30.7 Å². The number of nitrogens with one attached hydrogen (secondary N) is 1. The zero-order valence-corrected chi connectivity index (χ0v) is 10.7. The van der Waals surface area contributed by atoms with Crippen LogP contribution in [0.4, 0.5) is 0 Å². The third-order valence-electron chi connectivity index (χ3n) is 2.02. The van der Waals surface area contributed by atoms with Crippen molar-refractivity contribution < 1.29 is 0 Å². The summed E-state index contributed by atoms with van der Waals surface area (Å²) in [5.41, 5.74) is 0. The minimum Gasteiger partial charge on any atom is -0.310 e. The second-order valence-corrected chi connectivity index (χ2v) is 4.14. The molecule has 0 bridgehead atoms. The molecule has 0 atom stereocenters. The maximum atomic E-state index is 4.19. The van der Waals surface area contributed by atoms with E-state index in [1.54, 1.807) is 6.33 Å². The molecule has 0 aliphatic rings. The molecule has 0 spiro atoms. The lowest BCUT2D eigenvalue weighted by molar-refractivity contribution is 0.563. The molecule has 0 aliphatic carbocycles. The maximum absolute atomic E-state index is 4.19. The van der Waals surface area contributed by atoms with E-state index in [1.807, 2.05) is 4.68 Å². The number of rotatable bonds is 7. The Morgan fingerprint density at radius 1 is 1.50 bits per heavy atom. The summed E-state index contributed by atoms with van der Waals surface area (Å²) in [4.78, 5) is 4.19. The lowest BCUT2D eigenvalue weighted by atomic mass is 10.3. The lowest BCUT2D eigenvalue weighted by Crippen LogP contribution is -2.18. The molecule has 0 fully saturated rings. The van der Waals surface area contributed by atoms with Gasteiger partial charge in [0.05, 0.1) is 6.54 Å². The molecule has 4 nitrogen and oxygen atoms in total. The number of alkyl halides is 1. The van der Waals surface area contributed by atoms with Gasteiger partial charge in [0.1, 0.15) is 12.2 Å². The van der Waals surface area contributed by atoms with E-state index < -0.39 is 0 Å². The van der Waals surface area contributed by atoms with E-state index >= 15 is 0 Å². The maximum Gasteiger partial charge on any atom is 0.140 e. The molecule has 0 saturated heterocycles. The molecular formula is C9H17IN4. The van der Waals surface area contributed by atoms with Crippen molar-refractivity contribution in [2.24, 2.45) is 0 Å². The highest BCUT2D eigenvalue weighted by Gasteiger charge is 2.00. The van der Waals surface area contributed by atoms with E-state index in [4.69, 9.17) is 0 Å². The monoisotopic (exact) mass is 308 g/mol. The number of hydrogen-bond acceptors (Lipinski definition) is 3. The lowest BCUT2D eigenvalue weighted by Gasteiger charge is -2.04. The smallest absolute Gasteiger partial charge is 0.140 e. The van der Waals surface area contributed by atoms with E-state index in [-0.39, 0.29) is 0 Å². The van der Waals surface area contributed by atoms with Gasteiger partial charge in [-0.1, -0.05) is 22.6 Å². The summed E-state index contributed by atoms with van der Waals surface area (Å²) in [7, 11) is 0. The fourth-order valence-corrected chi connectivity index (χ4v) is 1.77. The summed E-state index contributed by atoms with van der Waals surface area (Å²) >= 11 is 2.41. The average molecular weight is 308 g/mol. The number of hydrogen-bond donors (Lipinski definition) is 1. The minimum absolute atomic E-state index is 0.828. The predicted octanol–water partition coefficient (Wildman–Crippen LogP) is 1.60.